The first-order chi connectivity index (χ1) is 13.8. The van der Waals surface area contributed by atoms with Crippen LogP contribution in [0.15, 0.2) is 40.9 Å². The van der Waals surface area contributed by atoms with Crippen LogP contribution in [0.1, 0.15) is 18.1 Å². The van der Waals surface area contributed by atoms with Crippen LogP contribution in [0.5, 0.6) is 11.5 Å². The molecular weight excluding hydrogens is 462 g/mol. The number of nitrogens with one attached hydrogen (secondary N) is 1. The minimum Gasteiger partial charge on any atom is -0.486 e. The van der Waals surface area contributed by atoms with Crippen LogP contribution in [0.2, 0.25) is 5.02 Å². The largest absolute Gasteiger partial charge is 0.486 e. The molecular formula is C21H19BrClNO5. The second-order valence-electron chi connectivity index (χ2n) is 6.41. The standard InChI is InChI=1S/C21H19BrClNO5/c1-12-3-5-17(15(22)9-12)24-21(26)13(2)29-19(25)6-4-14-10-16(23)20-18(11-14)27-7-8-28-20/h3-6,9-11,13H,7-8H2,1-2H3,(H,24,26)/b6-4+/t13-/m0/s1. The topological polar surface area (TPSA) is 73.9 Å². The molecule has 0 radical (unpaired) electrons. The van der Waals surface area contributed by atoms with Crippen LogP contribution in [0.4, 0.5) is 5.69 Å². The minimum atomic E-state index is -0.968. The summed E-state index contributed by atoms with van der Waals surface area (Å²) in [5.41, 5.74) is 2.31. The maximum Gasteiger partial charge on any atom is 0.331 e. The van der Waals surface area contributed by atoms with Gasteiger partial charge in [0.25, 0.3) is 5.91 Å². The first-order valence-corrected chi connectivity index (χ1v) is 10.1. The maximum atomic E-state index is 12.3. The van der Waals surface area contributed by atoms with Gasteiger partial charge in [0.05, 0.1) is 10.7 Å². The van der Waals surface area contributed by atoms with Crippen molar-refractivity contribution in [2.75, 3.05) is 18.5 Å². The van der Waals surface area contributed by atoms with E-state index < -0.39 is 18.0 Å². The predicted molar refractivity (Wildman–Crippen MR) is 115 cm³/mol. The van der Waals surface area contributed by atoms with E-state index in [1.165, 1.54) is 19.1 Å². The second kappa shape index (κ2) is 9.33. The van der Waals surface area contributed by atoms with Crippen LogP contribution in [-0.2, 0) is 14.3 Å². The number of rotatable bonds is 5. The van der Waals surface area contributed by atoms with Gasteiger partial charge in [-0.05, 0) is 71.2 Å². The summed E-state index contributed by atoms with van der Waals surface area (Å²) in [6.45, 7) is 4.32. The van der Waals surface area contributed by atoms with Crippen LogP contribution in [0.3, 0.4) is 0 Å². The Hall–Kier alpha value is -2.51. The predicted octanol–water partition coefficient (Wildman–Crippen LogP) is 4.77. The van der Waals surface area contributed by atoms with Gasteiger partial charge in [0, 0.05) is 10.5 Å². The highest BCUT2D eigenvalue weighted by Crippen LogP contribution is 2.38. The summed E-state index contributed by atoms with van der Waals surface area (Å²) in [5.74, 6) is -0.0706. The number of benzene rings is 2. The number of fused-ring (bicyclic) bond motifs is 1. The van der Waals surface area contributed by atoms with Crippen molar-refractivity contribution < 1.29 is 23.8 Å². The monoisotopic (exact) mass is 479 g/mol. The molecule has 6 nitrogen and oxygen atoms in total. The molecule has 0 spiro atoms. The maximum absolute atomic E-state index is 12.3. The van der Waals surface area contributed by atoms with E-state index in [0.29, 0.717) is 41.0 Å². The molecule has 0 fully saturated rings. The van der Waals surface area contributed by atoms with Gasteiger partial charge in [0.15, 0.2) is 17.6 Å². The third kappa shape index (κ3) is 5.52. The number of carbonyl (C=O) groups is 2. The van der Waals surface area contributed by atoms with Crippen molar-refractivity contribution in [1.82, 2.24) is 0 Å². The number of aryl methyl sites for hydroxylation is 1. The molecule has 1 N–H and O–H groups in total. The number of hydrogen-bond donors (Lipinski definition) is 1. The van der Waals surface area contributed by atoms with E-state index in [1.54, 1.807) is 18.2 Å². The number of anilines is 1. The Morgan fingerprint density at radius 3 is 2.76 bits per heavy atom. The molecule has 2 aromatic rings. The van der Waals surface area contributed by atoms with Crippen molar-refractivity contribution in [3.63, 3.8) is 0 Å². The molecule has 0 bridgehead atoms. The Balaban J connectivity index is 1.59. The van der Waals surface area contributed by atoms with Crippen LogP contribution in [0, 0.1) is 6.92 Å². The van der Waals surface area contributed by atoms with E-state index in [2.05, 4.69) is 21.2 Å². The van der Waals surface area contributed by atoms with Crippen LogP contribution in [-0.4, -0.2) is 31.2 Å². The lowest BCUT2D eigenvalue weighted by atomic mass is 10.2. The first-order valence-electron chi connectivity index (χ1n) is 8.88. The van der Waals surface area contributed by atoms with Crippen LogP contribution >= 0.6 is 27.5 Å². The smallest absolute Gasteiger partial charge is 0.331 e. The lowest BCUT2D eigenvalue weighted by Gasteiger charge is -2.19. The Labute approximate surface area is 181 Å². The molecule has 3 rings (SSSR count). The summed E-state index contributed by atoms with van der Waals surface area (Å²) in [6.07, 6.45) is 1.80. The zero-order valence-corrected chi connectivity index (χ0v) is 18.2. The number of halogens is 2. The van der Waals surface area contributed by atoms with E-state index in [9.17, 15) is 9.59 Å². The quantitative estimate of drug-likeness (QED) is 0.493. The zero-order valence-electron chi connectivity index (χ0n) is 15.8. The van der Waals surface area contributed by atoms with E-state index in [-0.39, 0.29) is 0 Å². The van der Waals surface area contributed by atoms with Crippen molar-refractivity contribution >= 4 is 51.2 Å². The van der Waals surface area contributed by atoms with Gasteiger partial charge < -0.3 is 19.5 Å². The summed E-state index contributed by atoms with van der Waals surface area (Å²) in [6, 6.07) is 8.91. The number of carbonyl (C=O) groups excluding carboxylic acids is 2. The summed E-state index contributed by atoms with van der Waals surface area (Å²) < 4.78 is 16.9. The van der Waals surface area contributed by atoms with E-state index in [0.717, 1.165) is 10.0 Å². The highest BCUT2D eigenvalue weighted by molar-refractivity contribution is 9.10. The molecule has 1 aliphatic heterocycles. The molecule has 1 aliphatic rings. The highest BCUT2D eigenvalue weighted by atomic mass is 79.9. The second-order valence-corrected chi connectivity index (χ2v) is 7.67. The van der Waals surface area contributed by atoms with Crippen molar-refractivity contribution in [2.24, 2.45) is 0 Å². The third-order valence-electron chi connectivity index (χ3n) is 4.08. The van der Waals surface area contributed by atoms with Gasteiger partial charge in [-0.25, -0.2) is 4.79 Å². The van der Waals surface area contributed by atoms with Gasteiger partial charge in [0.2, 0.25) is 0 Å². The van der Waals surface area contributed by atoms with Gasteiger partial charge >= 0.3 is 5.97 Å². The molecule has 0 unspecified atom stereocenters. The SMILES string of the molecule is Cc1ccc(NC(=O)[C@H](C)OC(=O)/C=C/c2cc(Cl)c3c(c2)OCCO3)c(Br)c1. The van der Waals surface area contributed by atoms with Crippen molar-refractivity contribution in [2.45, 2.75) is 20.0 Å². The summed E-state index contributed by atoms with van der Waals surface area (Å²) in [4.78, 5) is 24.4. The molecule has 152 valence electrons. The summed E-state index contributed by atoms with van der Waals surface area (Å²) in [7, 11) is 0. The molecule has 29 heavy (non-hydrogen) atoms. The van der Waals surface area contributed by atoms with E-state index in [1.807, 2.05) is 19.1 Å². The van der Waals surface area contributed by atoms with Gasteiger partial charge in [-0.2, -0.15) is 0 Å². The Morgan fingerprint density at radius 1 is 1.24 bits per heavy atom. The highest BCUT2D eigenvalue weighted by Gasteiger charge is 2.18. The lowest BCUT2D eigenvalue weighted by molar-refractivity contribution is -0.148. The molecule has 8 heteroatoms. The molecule has 1 heterocycles. The summed E-state index contributed by atoms with van der Waals surface area (Å²) in [5, 5.41) is 3.12. The number of hydrogen-bond acceptors (Lipinski definition) is 5. The number of amides is 1. The molecule has 1 amide bonds. The van der Waals surface area contributed by atoms with E-state index in [4.69, 9.17) is 25.8 Å². The molecule has 0 aromatic heterocycles. The molecule has 0 aliphatic carbocycles. The fourth-order valence-electron chi connectivity index (χ4n) is 2.61. The Morgan fingerprint density at radius 2 is 2.00 bits per heavy atom. The molecule has 1 atom stereocenters. The van der Waals surface area contributed by atoms with Gasteiger partial charge in [-0.15, -0.1) is 0 Å². The minimum absolute atomic E-state index is 0.395. The number of esters is 1. The molecule has 2 aromatic carbocycles. The zero-order chi connectivity index (χ0) is 21.0. The van der Waals surface area contributed by atoms with Gasteiger partial charge in [-0.3, -0.25) is 4.79 Å². The fourth-order valence-corrected chi connectivity index (χ4v) is 3.48. The van der Waals surface area contributed by atoms with Crippen LogP contribution in [0.25, 0.3) is 6.08 Å². The van der Waals surface area contributed by atoms with Crippen LogP contribution < -0.4 is 14.8 Å². The van der Waals surface area contributed by atoms with Crippen molar-refractivity contribution in [3.05, 3.63) is 57.0 Å². The summed E-state index contributed by atoms with van der Waals surface area (Å²) >= 11 is 9.57. The van der Waals surface area contributed by atoms with Crippen molar-refractivity contribution in [3.8, 4) is 11.5 Å². The Kier molecular flexibility index (Phi) is 6.82. The molecule has 0 saturated heterocycles. The molecule has 0 saturated carbocycles. The normalized spacial score (nSPS) is 13.8. The number of ether oxygens (including phenoxy) is 3. The van der Waals surface area contributed by atoms with Gasteiger partial charge in [0.1, 0.15) is 13.2 Å². The third-order valence-corrected chi connectivity index (χ3v) is 5.01. The lowest BCUT2D eigenvalue weighted by Crippen LogP contribution is -2.29. The van der Waals surface area contributed by atoms with E-state index >= 15 is 0 Å². The van der Waals surface area contributed by atoms with Gasteiger partial charge in [-0.1, -0.05) is 17.7 Å². The first kappa shape index (κ1) is 21.2. The fraction of sp³-hybridized carbons (Fsp3) is 0.238. The average molecular weight is 481 g/mol. The average Bonchev–Trinajstić information content (AvgIpc) is 2.68. The Bertz CT molecular complexity index is 976. The van der Waals surface area contributed by atoms with Crippen molar-refractivity contribution in [1.29, 1.82) is 0 Å².